The van der Waals surface area contributed by atoms with Crippen molar-refractivity contribution in [1.29, 1.82) is 0 Å². The zero-order valence-electron chi connectivity index (χ0n) is 11.7. The maximum absolute atomic E-state index is 5.61. The summed E-state index contributed by atoms with van der Waals surface area (Å²) < 4.78 is 0. The zero-order valence-corrected chi connectivity index (χ0v) is 11.7. The van der Waals surface area contributed by atoms with Gasteiger partial charge in [-0.05, 0) is 31.0 Å². The number of nitrogens with zero attached hydrogens (tertiary/aromatic N) is 3. The van der Waals surface area contributed by atoms with E-state index in [0.717, 1.165) is 35.0 Å². The van der Waals surface area contributed by atoms with Gasteiger partial charge in [-0.25, -0.2) is 9.97 Å². The molecule has 0 atom stereocenters. The van der Waals surface area contributed by atoms with Gasteiger partial charge in [-0.1, -0.05) is 19.1 Å². The van der Waals surface area contributed by atoms with Crippen LogP contribution in [0.1, 0.15) is 24.0 Å². The van der Waals surface area contributed by atoms with E-state index in [-0.39, 0.29) is 0 Å². The van der Waals surface area contributed by atoms with E-state index >= 15 is 0 Å². The SMILES string of the molecule is CCc1cc(N(C)c2ccc(CN)cc2)nc(C)n1. The van der Waals surface area contributed by atoms with Crippen LogP contribution in [0, 0.1) is 6.92 Å². The van der Waals surface area contributed by atoms with Crippen LogP contribution in [0.2, 0.25) is 0 Å². The van der Waals surface area contributed by atoms with Gasteiger partial charge in [-0.15, -0.1) is 0 Å². The molecule has 1 heterocycles. The molecule has 0 unspecified atom stereocenters. The van der Waals surface area contributed by atoms with Crippen LogP contribution in [0.3, 0.4) is 0 Å². The van der Waals surface area contributed by atoms with Crippen LogP contribution in [0.15, 0.2) is 30.3 Å². The number of aryl methyl sites for hydroxylation is 2. The fourth-order valence-electron chi connectivity index (χ4n) is 1.95. The van der Waals surface area contributed by atoms with E-state index in [9.17, 15) is 0 Å². The normalized spacial score (nSPS) is 10.5. The van der Waals surface area contributed by atoms with Gasteiger partial charge >= 0.3 is 0 Å². The van der Waals surface area contributed by atoms with E-state index in [1.54, 1.807) is 0 Å². The maximum Gasteiger partial charge on any atom is 0.136 e. The highest BCUT2D eigenvalue weighted by atomic mass is 15.2. The Morgan fingerprint density at radius 3 is 2.42 bits per heavy atom. The van der Waals surface area contributed by atoms with Crippen LogP contribution in [0.25, 0.3) is 0 Å². The summed E-state index contributed by atoms with van der Waals surface area (Å²) in [5.41, 5.74) is 8.90. The summed E-state index contributed by atoms with van der Waals surface area (Å²) in [6, 6.07) is 10.2. The second kappa shape index (κ2) is 5.80. The lowest BCUT2D eigenvalue weighted by atomic mass is 10.2. The van der Waals surface area contributed by atoms with Crippen molar-refractivity contribution in [2.45, 2.75) is 26.8 Å². The fraction of sp³-hybridized carbons (Fsp3) is 0.333. The van der Waals surface area contributed by atoms with Gasteiger partial charge in [-0.3, -0.25) is 0 Å². The first-order chi connectivity index (χ1) is 9.13. The summed E-state index contributed by atoms with van der Waals surface area (Å²) in [6.07, 6.45) is 0.913. The third-order valence-corrected chi connectivity index (χ3v) is 3.14. The molecule has 0 aliphatic carbocycles. The predicted molar refractivity (Wildman–Crippen MR) is 78.5 cm³/mol. The molecule has 4 nitrogen and oxygen atoms in total. The molecule has 100 valence electrons. The van der Waals surface area contributed by atoms with Crippen LogP contribution in [0.5, 0.6) is 0 Å². The average molecular weight is 256 g/mol. The summed E-state index contributed by atoms with van der Waals surface area (Å²) in [6.45, 7) is 4.59. The summed E-state index contributed by atoms with van der Waals surface area (Å²) >= 11 is 0. The molecule has 0 aliphatic heterocycles. The molecule has 0 aliphatic rings. The molecule has 2 N–H and O–H groups in total. The Morgan fingerprint density at radius 1 is 1.16 bits per heavy atom. The Morgan fingerprint density at radius 2 is 1.84 bits per heavy atom. The first-order valence-corrected chi connectivity index (χ1v) is 6.51. The van der Waals surface area contributed by atoms with Crippen LogP contribution in [0.4, 0.5) is 11.5 Å². The minimum absolute atomic E-state index is 0.566. The van der Waals surface area contributed by atoms with Crippen LogP contribution < -0.4 is 10.6 Å². The molecule has 0 fully saturated rings. The largest absolute Gasteiger partial charge is 0.329 e. The van der Waals surface area contributed by atoms with Crippen LogP contribution in [-0.2, 0) is 13.0 Å². The number of rotatable bonds is 4. The second-order valence-electron chi connectivity index (χ2n) is 4.55. The lowest BCUT2D eigenvalue weighted by Crippen LogP contribution is -2.13. The molecular weight excluding hydrogens is 236 g/mol. The lowest BCUT2D eigenvalue weighted by molar-refractivity contribution is 0.934. The van der Waals surface area contributed by atoms with E-state index in [2.05, 4.69) is 33.9 Å². The highest BCUT2D eigenvalue weighted by Crippen LogP contribution is 2.22. The van der Waals surface area contributed by atoms with E-state index in [4.69, 9.17) is 5.73 Å². The van der Waals surface area contributed by atoms with Crippen molar-refractivity contribution in [3.05, 3.63) is 47.4 Å². The Bertz CT molecular complexity index is 549. The topological polar surface area (TPSA) is 55.0 Å². The lowest BCUT2D eigenvalue weighted by Gasteiger charge is -2.19. The van der Waals surface area contributed by atoms with E-state index in [1.165, 1.54) is 0 Å². The van der Waals surface area contributed by atoms with Gasteiger partial charge in [0.15, 0.2) is 0 Å². The molecule has 0 bridgehead atoms. The molecular formula is C15H20N4. The summed E-state index contributed by atoms with van der Waals surface area (Å²) in [5, 5.41) is 0. The quantitative estimate of drug-likeness (QED) is 0.913. The standard InChI is InChI=1S/C15H20N4/c1-4-13-9-15(18-11(2)17-13)19(3)14-7-5-12(10-16)6-8-14/h5-9H,4,10,16H2,1-3H3. The van der Waals surface area contributed by atoms with Gasteiger partial charge < -0.3 is 10.6 Å². The number of benzene rings is 1. The number of nitrogens with two attached hydrogens (primary N) is 1. The van der Waals surface area contributed by atoms with Crippen molar-refractivity contribution in [3.63, 3.8) is 0 Å². The molecule has 1 aromatic heterocycles. The Balaban J connectivity index is 2.31. The van der Waals surface area contributed by atoms with Gasteiger partial charge in [0.2, 0.25) is 0 Å². The highest BCUT2D eigenvalue weighted by Gasteiger charge is 2.08. The third kappa shape index (κ3) is 3.09. The average Bonchev–Trinajstić information content (AvgIpc) is 2.46. The number of anilines is 2. The highest BCUT2D eigenvalue weighted by molar-refractivity contribution is 5.59. The molecule has 0 amide bonds. The molecule has 0 saturated heterocycles. The molecule has 1 aromatic carbocycles. The van der Waals surface area contributed by atoms with E-state index < -0.39 is 0 Å². The Hall–Kier alpha value is -1.94. The van der Waals surface area contributed by atoms with E-state index in [0.29, 0.717) is 6.54 Å². The van der Waals surface area contributed by atoms with Gasteiger partial charge in [0.1, 0.15) is 11.6 Å². The molecule has 0 radical (unpaired) electrons. The summed E-state index contributed by atoms with van der Waals surface area (Å²) in [5.74, 6) is 1.73. The first kappa shape index (κ1) is 13.5. The van der Waals surface area contributed by atoms with Crippen molar-refractivity contribution in [1.82, 2.24) is 9.97 Å². The zero-order chi connectivity index (χ0) is 13.8. The Labute approximate surface area is 114 Å². The predicted octanol–water partition coefficient (Wildman–Crippen LogP) is 2.57. The van der Waals surface area contributed by atoms with Gasteiger partial charge in [0.05, 0.1) is 0 Å². The summed E-state index contributed by atoms with van der Waals surface area (Å²) in [4.78, 5) is 11.0. The minimum Gasteiger partial charge on any atom is -0.329 e. The molecule has 0 spiro atoms. The minimum atomic E-state index is 0.566. The summed E-state index contributed by atoms with van der Waals surface area (Å²) in [7, 11) is 2.01. The molecule has 0 saturated carbocycles. The van der Waals surface area contributed by atoms with Gasteiger partial charge in [0.25, 0.3) is 0 Å². The van der Waals surface area contributed by atoms with Crippen LogP contribution in [-0.4, -0.2) is 17.0 Å². The smallest absolute Gasteiger partial charge is 0.136 e. The monoisotopic (exact) mass is 256 g/mol. The molecule has 4 heteroatoms. The van der Waals surface area contributed by atoms with Crippen molar-refractivity contribution in [3.8, 4) is 0 Å². The first-order valence-electron chi connectivity index (χ1n) is 6.51. The maximum atomic E-state index is 5.61. The van der Waals surface area contributed by atoms with Gasteiger partial charge in [0, 0.05) is 31.0 Å². The van der Waals surface area contributed by atoms with Crippen molar-refractivity contribution in [2.24, 2.45) is 5.73 Å². The number of aromatic nitrogens is 2. The second-order valence-corrected chi connectivity index (χ2v) is 4.55. The molecule has 19 heavy (non-hydrogen) atoms. The third-order valence-electron chi connectivity index (χ3n) is 3.14. The molecule has 2 aromatic rings. The Kier molecular flexibility index (Phi) is 4.12. The van der Waals surface area contributed by atoms with E-state index in [1.807, 2.05) is 32.2 Å². The van der Waals surface area contributed by atoms with Crippen molar-refractivity contribution in [2.75, 3.05) is 11.9 Å². The van der Waals surface area contributed by atoms with Crippen LogP contribution >= 0.6 is 0 Å². The van der Waals surface area contributed by atoms with Gasteiger partial charge in [-0.2, -0.15) is 0 Å². The van der Waals surface area contributed by atoms with Crippen molar-refractivity contribution >= 4 is 11.5 Å². The number of hydrogen-bond donors (Lipinski definition) is 1. The number of hydrogen-bond acceptors (Lipinski definition) is 4. The fourth-order valence-corrected chi connectivity index (χ4v) is 1.95. The molecule has 2 rings (SSSR count). The van der Waals surface area contributed by atoms with Crippen molar-refractivity contribution < 1.29 is 0 Å².